The van der Waals surface area contributed by atoms with Crippen LogP contribution in [0, 0.1) is 5.92 Å². The van der Waals surface area contributed by atoms with Crippen LogP contribution in [-0.4, -0.2) is 11.1 Å². The number of hydrogen-bond donors (Lipinski definition) is 2. The van der Waals surface area contributed by atoms with Crippen molar-refractivity contribution in [3.05, 3.63) is 28.2 Å². The van der Waals surface area contributed by atoms with Gasteiger partial charge in [0.05, 0.1) is 0 Å². The van der Waals surface area contributed by atoms with Crippen LogP contribution in [-0.2, 0) is 6.54 Å². The number of nitrogens with one attached hydrogen (secondary N) is 1. The fourth-order valence-electron chi connectivity index (χ4n) is 3.01. The average molecular weight is 326 g/mol. The third-order valence-corrected chi connectivity index (χ3v) is 4.66. The molecule has 0 heterocycles. The van der Waals surface area contributed by atoms with E-state index in [2.05, 4.69) is 28.2 Å². The molecule has 1 aromatic rings. The van der Waals surface area contributed by atoms with E-state index in [-0.39, 0.29) is 0 Å². The Morgan fingerprint density at radius 1 is 1.26 bits per heavy atom. The first-order valence-electron chi connectivity index (χ1n) is 7.39. The molecule has 0 atom stereocenters. The van der Waals surface area contributed by atoms with E-state index in [9.17, 15) is 5.11 Å². The molecule has 0 aliphatic heterocycles. The Balaban J connectivity index is 1.79. The van der Waals surface area contributed by atoms with Crippen LogP contribution in [0.15, 0.2) is 22.7 Å². The summed E-state index contributed by atoms with van der Waals surface area (Å²) >= 11 is 3.45. The average Bonchev–Trinajstić information content (AvgIpc) is 2.42. The molecule has 0 unspecified atom stereocenters. The van der Waals surface area contributed by atoms with Crippen molar-refractivity contribution in [3.63, 3.8) is 0 Å². The number of phenolic OH excluding ortho intramolecular Hbond substituents is 1. The summed E-state index contributed by atoms with van der Waals surface area (Å²) in [4.78, 5) is 0. The van der Waals surface area contributed by atoms with Crippen molar-refractivity contribution in [2.24, 2.45) is 5.92 Å². The van der Waals surface area contributed by atoms with Crippen LogP contribution in [0.5, 0.6) is 5.75 Å². The van der Waals surface area contributed by atoms with Crippen molar-refractivity contribution in [2.75, 3.05) is 0 Å². The zero-order valence-electron chi connectivity index (χ0n) is 11.7. The molecular formula is C16H24BrNO. The standard InChI is InChI=1S/C16H24BrNO/c1-2-3-12-4-7-15(8-5-12)18-11-13-10-14(17)6-9-16(13)19/h6,9-10,12,15,18-19H,2-5,7-8,11H2,1H3. The monoisotopic (exact) mass is 325 g/mol. The molecule has 106 valence electrons. The molecule has 0 aromatic heterocycles. The molecule has 1 aromatic carbocycles. The molecule has 1 aliphatic rings. The summed E-state index contributed by atoms with van der Waals surface area (Å²) in [6.07, 6.45) is 7.97. The van der Waals surface area contributed by atoms with Gasteiger partial charge in [0.25, 0.3) is 0 Å². The first-order valence-corrected chi connectivity index (χ1v) is 8.19. The number of rotatable bonds is 5. The van der Waals surface area contributed by atoms with Gasteiger partial charge < -0.3 is 10.4 Å². The fraction of sp³-hybridized carbons (Fsp3) is 0.625. The van der Waals surface area contributed by atoms with E-state index < -0.39 is 0 Å². The molecule has 2 N–H and O–H groups in total. The van der Waals surface area contributed by atoms with Gasteiger partial charge in [-0.3, -0.25) is 0 Å². The van der Waals surface area contributed by atoms with Gasteiger partial charge in [-0.25, -0.2) is 0 Å². The van der Waals surface area contributed by atoms with E-state index in [4.69, 9.17) is 0 Å². The van der Waals surface area contributed by atoms with Crippen LogP contribution in [0.1, 0.15) is 51.0 Å². The minimum Gasteiger partial charge on any atom is -0.508 e. The second-order valence-electron chi connectivity index (χ2n) is 5.66. The van der Waals surface area contributed by atoms with E-state index in [1.54, 1.807) is 6.07 Å². The Bertz CT molecular complexity index is 400. The molecule has 1 aliphatic carbocycles. The summed E-state index contributed by atoms with van der Waals surface area (Å²) < 4.78 is 1.02. The summed E-state index contributed by atoms with van der Waals surface area (Å²) in [6.45, 7) is 3.04. The maximum Gasteiger partial charge on any atom is 0.120 e. The van der Waals surface area contributed by atoms with Crippen LogP contribution in [0.4, 0.5) is 0 Å². The lowest BCUT2D eigenvalue weighted by Crippen LogP contribution is -2.32. The predicted molar refractivity (Wildman–Crippen MR) is 83.3 cm³/mol. The normalized spacial score (nSPS) is 23.5. The summed E-state index contributed by atoms with van der Waals surface area (Å²) in [6, 6.07) is 6.23. The topological polar surface area (TPSA) is 32.3 Å². The van der Waals surface area contributed by atoms with Crippen molar-refractivity contribution in [2.45, 2.75) is 58.0 Å². The molecule has 0 radical (unpaired) electrons. The minimum atomic E-state index is 0.385. The number of phenols is 1. The minimum absolute atomic E-state index is 0.385. The van der Waals surface area contributed by atoms with E-state index in [0.29, 0.717) is 11.8 Å². The number of aromatic hydroxyl groups is 1. The molecule has 2 nitrogen and oxygen atoms in total. The van der Waals surface area contributed by atoms with Gasteiger partial charge in [0, 0.05) is 22.6 Å². The lowest BCUT2D eigenvalue weighted by atomic mass is 9.83. The lowest BCUT2D eigenvalue weighted by molar-refractivity contribution is 0.277. The summed E-state index contributed by atoms with van der Waals surface area (Å²) in [5, 5.41) is 13.4. The molecule has 0 spiro atoms. The van der Waals surface area contributed by atoms with Crippen LogP contribution >= 0.6 is 15.9 Å². The van der Waals surface area contributed by atoms with Gasteiger partial charge in [-0.05, 0) is 49.8 Å². The third-order valence-electron chi connectivity index (χ3n) is 4.17. The quantitative estimate of drug-likeness (QED) is 0.828. The van der Waals surface area contributed by atoms with Gasteiger partial charge >= 0.3 is 0 Å². The molecule has 19 heavy (non-hydrogen) atoms. The summed E-state index contributed by atoms with van der Waals surface area (Å²) in [5.41, 5.74) is 0.977. The largest absolute Gasteiger partial charge is 0.508 e. The summed E-state index contributed by atoms with van der Waals surface area (Å²) in [5.74, 6) is 1.33. The number of benzene rings is 1. The summed E-state index contributed by atoms with van der Waals surface area (Å²) in [7, 11) is 0. The Morgan fingerprint density at radius 2 is 2.00 bits per heavy atom. The van der Waals surface area contributed by atoms with Crippen molar-refractivity contribution in [3.8, 4) is 5.75 Å². The van der Waals surface area contributed by atoms with Gasteiger partial charge in [0.2, 0.25) is 0 Å². The van der Waals surface area contributed by atoms with Gasteiger partial charge in [0.15, 0.2) is 0 Å². The van der Waals surface area contributed by atoms with Gasteiger partial charge in [-0.15, -0.1) is 0 Å². The number of hydrogen-bond acceptors (Lipinski definition) is 2. The maximum atomic E-state index is 9.82. The molecule has 3 heteroatoms. The zero-order chi connectivity index (χ0) is 13.7. The Labute approximate surface area is 124 Å². The highest BCUT2D eigenvalue weighted by Gasteiger charge is 2.20. The number of halogens is 1. The molecule has 0 amide bonds. The van der Waals surface area contributed by atoms with Crippen LogP contribution < -0.4 is 5.32 Å². The predicted octanol–water partition coefficient (Wildman–Crippen LogP) is 4.60. The Hall–Kier alpha value is -0.540. The second kappa shape index (κ2) is 7.30. The van der Waals surface area contributed by atoms with Crippen LogP contribution in [0.25, 0.3) is 0 Å². The smallest absolute Gasteiger partial charge is 0.120 e. The maximum absolute atomic E-state index is 9.82. The van der Waals surface area contributed by atoms with Crippen LogP contribution in [0.2, 0.25) is 0 Å². The lowest BCUT2D eigenvalue weighted by Gasteiger charge is -2.29. The highest BCUT2D eigenvalue weighted by atomic mass is 79.9. The molecule has 2 rings (SSSR count). The fourth-order valence-corrected chi connectivity index (χ4v) is 3.42. The van der Waals surface area contributed by atoms with E-state index in [1.165, 1.54) is 38.5 Å². The second-order valence-corrected chi connectivity index (χ2v) is 6.58. The Kier molecular flexibility index (Phi) is 5.71. The molecule has 0 bridgehead atoms. The molecule has 0 saturated heterocycles. The van der Waals surface area contributed by atoms with Gasteiger partial charge in [0.1, 0.15) is 5.75 Å². The van der Waals surface area contributed by atoms with Crippen molar-refractivity contribution < 1.29 is 5.11 Å². The first-order chi connectivity index (χ1) is 9.19. The highest BCUT2D eigenvalue weighted by Crippen LogP contribution is 2.28. The Morgan fingerprint density at radius 3 is 2.68 bits per heavy atom. The van der Waals surface area contributed by atoms with Gasteiger partial charge in [-0.2, -0.15) is 0 Å². The molecule has 1 saturated carbocycles. The van der Waals surface area contributed by atoms with Gasteiger partial charge in [-0.1, -0.05) is 35.7 Å². The van der Waals surface area contributed by atoms with E-state index in [0.717, 1.165) is 22.5 Å². The zero-order valence-corrected chi connectivity index (χ0v) is 13.2. The van der Waals surface area contributed by atoms with E-state index >= 15 is 0 Å². The van der Waals surface area contributed by atoms with E-state index in [1.807, 2.05) is 12.1 Å². The van der Waals surface area contributed by atoms with Crippen molar-refractivity contribution in [1.82, 2.24) is 5.32 Å². The van der Waals surface area contributed by atoms with Crippen molar-refractivity contribution in [1.29, 1.82) is 0 Å². The third kappa shape index (κ3) is 4.50. The van der Waals surface area contributed by atoms with Crippen LogP contribution in [0.3, 0.4) is 0 Å². The highest BCUT2D eigenvalue weighted by molar-refractivity contribution is 9.10. The SMILES string of the molecule is CCCC1CCC(NCc2cc(Br)ccc2O)CC1. The first kappa shape index (κ1) is 14.9. The molecular weight excluding hydrogens is 302 g/mol. The van der Waals surface area contributed by atoms with Crippen molar-refractivity contribution >= 4 is 15.9 Å². The molecule has 1 fully saturated rings.